The molecule has 3 atom stereocenters. The summed E-state index contributed by atoms with van der Waals surface area (Å²) in [5.41, 5.74) is 1.66. The Balaban J connectivity index is 1.52. The molecule has 0 spiro atoms. The Kier molecular flexibility index (Phi) is 3.54. The lowest BCUT2D eigenvalue weighted by molar-refractivity contribution is -0.117. The van der Waals surface area contributed by atoms with Crippen LogP contribution in [0.4, 0.5) is 5.69 Å². The van der Waals surface area contributed by atoms with E-state index in [1.54, 1.807) is 6.20 Å². The maximum absolute atomic E-state index is 12.6. The molecule has 22 heavy (non-hydrogen) atoms. The fourth-order valence-electron chi connectivity index (χ4n) is 3.95. The Morgan fingerprint density at radius 1 is 1.18 bits per heavy atom. The number of para-hydroxylation sites is 1. The highest BCUT2D eigenvalue weighted by Gasteiger charge is 2.38. The Labute approximate surface area is 130 Å². The lowest BCUT2D eigenvalue weighted by atomic mass is 9.85. The molecule has 4 heteroatoms. The Bertz CT molecular complexity index is 680. The van der Waals surface area contributed by atoms with Gasteiger partial charge in [0.25, 0.3) is 0 Å². The minimum absolute atomic E-state index is 0.0629. The second kappa shape index (κ2) is 5.69. The van der Waals surface area contributed by atoms with E-state index in [0.29, 0.717) is 12.0 Å². The molecule has 2 aromatic rings. The number of hydrogen-bond acceptors (Lipinski definition) is 3. The molecule has 4 rings (SSSR count). The van der Waals surface area contributed by atoms with Gasteiger partial charge in [0, 0.05) is 17.6 Å². The second-order valence-corrected chi connectivity index (χ2v) is 6.48. The molecule has 0 radical (unpaired) electrons. The van der Waals surface area contributed by atoms with Crippen LogP contribution in [-0.2, 0) is 4.79 Å². The monoisotopic (exact) mass is 295 g/mol. The van der Waals surface area contributed by atoms with Gasteiger partial charge in [0.05, 0.1) is 17.2 Å². The van der Waals surface area contributed by atoms with Gasteiger partial charge in [0.1, 0.15) is 0 Å². The number of nitrogens with zero attached hydrogens (tertiary/aromatic N) is 1. The quantitative estimate of drug-likeness (QED) is 0.895. The molecule has 4 nitrogen and oxygen atoms in total. The van der Waals surface area contributed by atoms with Crippen molar-refractivity contribution in [2.45, 2.75) is 44.2 Å². The lowest BCUT2D eigenvalue weighted by Gasteiger charge is -2.24. The first-order valence-corrected chi connectivity index (χ1v) is 8.22. The average molecular weight is 295 g/mol. The second-order valence-electron chi connectivity index (χ2n) is 6.48. The Morgan fingerprint density at radius 2 is 2.05 bits per heavy atom. The third-order valence-corrected chi connectivity index (χ3v) is 5.07. The summed E-state index contributed by atoms with van der Waals surface area (Å²) in [4.78, 5) is 17.0. The van der Waals surface area contributed by atoms with Crippen LogP contribution in [0, 0.1) is 5.92 Å². The van der Waals surface area contributed by atoms with Crippen LogP contribution in [0.5, 0.6) is 0 Å². The highest BCUT2D eigenvalue weighted by atomic mass is 16.2. The molecule has 1 aliphatic carbocycles. The topological polar surface area (TPSA) is 54.0 Å². The van der Waals surface area contributed by atoms with Crippen LogP contribution in [0.1, 0.15) is 32.1 Å². The van der Waals surface area contributed by atoms with Crippen molar-refractivity contribution in [1.82, 2.24) is 10.3 Å². The number of fused-ring (bicyclic) bond motifs is 2. The van der Waals surface area contributed by atoms with Crippen LogP contribution >= 0.6 is 0 Å². The molecule has 114 valence electrons. The first-order valence-electron chi connectivity index (χ1n) is 8.22. The number of aromatic nitrogens is 1. The number of benzene rings is 1. The van der Waals surface area contributed by atoms with Crippen molar-refractivity contribution >= 4 is 22.5 Å². The van der Waals surface area contributed by atoms with Crippen molar-refractivity contribution in [2.75, 3.05) is 5.32 Å². The number of pyridine rings is 1. The van der Waals surface area contributed by atoms with Crippen molar-refractivity contribution < 1.29 is 4.79 Å². The molecule has 1 saturated carbocycles. The maximum Gasteiger partial charge on any atom is 0.241 e. The zero-order valence-corrected chi connectivity index (χ0v) is 12.6. The predicted molar refractivity (Wildman–Crippen MR) is 87.7 cm³/mol. The van der Waals surface area contributed by atoms with E-state index >= 15 is 0 Å². The standard InChI is InChI=1S/C18H21N3O/c22-18(16-11-13-5-1-2-8-14(13)20-16)21-15-9-3-6-12-7-4-10-19-17(12)15/h3-4,6-7,9-10,13-14,16,20H,1-2,5,8,11H2,(H,21,22). The third kappa shape index (κ3) is 2.48. The highest BCUT2D eigenvalue weighted by molar-refractivity contribution is 6.02. The summed E-state index contributed by atoms with van der Waals surface area (Å²) in [5.74, 6) is 0.752. The SMILES string of the molecule is O=C(Nc1cccc2cccnc12)C1CC2CCCCC2N1. The van der Waals surface area contributed by atoms with Crippen LogP contribution in [0.3, 0.4) is 0 Å². The summed E-state index contributed by atoms with van der Waals surface area (Å²) in [6.07, 6.45) is 7.80. The number of amides is 1. The number of carbonyl (C=O) groups is 1. The zero-order valence-electron chi connectivity index (χ0n) is 12.6. The van der Waals surface area contributed by atoms with Crippen molar-refractivity contribution in [3.05, 3.63) is 36.5 Å². The predicted octanol–water partition coefficient (Wildman–Crippen LogP) is 3.09. The van der Waals surface area contributed by atoms with Gasteiger partial charge in [-0.2, -0.15) is 0 Å². The number of anilines is 1. The first-order chi connectivity index (χ1) is 10.8. The molecule has 0 bridgehead atoms. The van der Waals surface area contributed by atoms with E-state index in [4.69, 9.17) is 0 Å². The van der Waals surface area contributed by atoms with Crippen molar-refractivity contribution in [3.63, 3.8) is 0 Å². The van der Waals surface area contributed by atoms with E-state index in [1.807, 2.05) is 30.3 Å². The molecule has 2 N–H and O–H groups in total. The van der Waals surface area contributed by atoms with E-state index in [0.717, 1.165) is 23.0 Å². The molecule has 1 aliphatic heterocycles. The number of rotatable bonds is 2. The number of nitrogens with one attached hydrogen (secondary N) is 2. The Morgan fingerprint density at radius 3 is 2.95 bits per heavy atom. The Hall–Kier alpha value is -1.94. The number of hydrogen-bond donors (Lipinski definition) is 2. The summed E-state index contributed by atoms with van der Waals surface area (Å²) in [7, 11) is 0. The summed E-state index contributed by atoms with van der Waals surface area (Å²) < 4.78 is 0. The largest absolute Gasteiger partial charge is 0.323 e. The molecule has 1 saturated heterocycles. The van der Waals surface area contributed by atoms with Gasteiger partial charge < -0.3 is 10.6 Å². The molecule has 2 fully saturated rings. The smallest absolute Gasteiger partial charge is 0.241 e. The van der Waals surface area contributed by atoms with E-state index < -0.39 is 0 Å². The fourth-order valence-corrected chi connectivity index (χ4v) is 3.95. The van der Waals surface area contributed by atoms with Gasteiger partial charge in [0.2, 0.25) is 5.91 Å². The van der Waals surface area contributed by atoms with E-state index in [9.17, 15) is 4.79 Å². The van der Waals surface area contributed by atoms with Gasteiger partial charge in [-0.05, 0) is 37.3 Å². The zero-order chi connectivity index (χ0) is 14.9. The molecule has 1 amide bonds. The molecule has 3 unspecified atom stereocenters. The van der Waals surface area contributed by atoms with E-state index in [2.05, 4.69) is 15.6 Å². The summed E-state index contributed by atoms with van der Waals surface area (Å²) in [6, 6.07) is 10.3. The van der Waals surface area contributed by atoms with Crippen molar-refractivity contribution in [3.8, 4) is 0 Å². The van der Waals surface area contributed by atoms with E-state index in [1.165, 1.54) is 25.7 Å². The molecular weight excluding hydrogens is 274 g/mol. The lowest BCUT2D eigenvalue weighted by Crippen LogP contribution is -2.39. The summed E-state index contributed by atoms with van der Waals surface area (Å²) in [6.45, 7) is 0. The molecule has 1 aromatic heterocycles. The fraction of sp³-hybridized carbons (Fsp3) is 0.444. The van der Waals surface area contributed by atoms with Gasteiger partial charge in [-0.15, -0.1) is 0 Å². The number of carbonyl (C=O) groups excluding carboxylic acids is 1. The van der Waals surface area contributed by atoms with Crippen LogP contribution in [0.25, 0.3) is 10.9 Å². The minimum Gasteiger partial charge on any atom is -0.323 e. The van der Waals surface area contributed by atoms with Gasteiger partial charge in [-0.1, -0.05) is 31.0 Å². The minimum atomic E-state index is -0.0629. The van der Waals surface area contributed by atoms with Crippen LogP contribution in [-0.4, -0.2) is 23.0 Å². The van der Waals surface area contributed by atoms with Crippen LogP contribution in [0.15, 0.2) is 36.5 Å². The van der Waals surface area contributed by atoms with Crippen LogP contribution in [0.2, 0.25) is 0 Å². The molecule has 2 heterocycles. The normalized spacial score (nSPS) is 27.5. The maximum atomic E-state index is 12.6. The van der Waals surface area contributed by atoms with Crippen molar-refractivity contribution in [1.29, 1.82) is 0 Å². The highest BCUT2D eigenvalue weighted by Crippen LogP contribution is 2.33. The van der Waals surface area contributed by atoms with Gasteiger partial charge in [-0.3, -0.25) is 9.78 Å². The van der Waals surface area contributed by atoms with Gasteiger partial charge in [0.15, 0.2) is 0 Å². The first kappa shape index (κ1) is 13.7. The van der Waals surface area contributed by atoms with Crippen LogP contribution < -0.4 is 10.6 Å². The van der Waals surface area contributed by atoms with Gasteiger partial charge in [-0.25, -0.2) is 0 Å². The summed E-state index contributed by atoms with van der Waals surface area (Å²) >= 11 is 0. The van der Waals surface area contributed by atoms with Crippen molar-refractivity contribution in [2.24, 2.45) is 5.92 Å². The molecular formula is C18H21N3O. The summed E-state index contributed by atoms with van der Waals surface area (Å²) in [5, 5.41) is 7.65. The molecule has 2 aliphatic rings. The van der Waals surface area contributed by atoms with E-state index in [-0.39, 0.29) is 11.9 Å². The van der Waals surface area contributed by atoms with Gasteiger partial charge >= 0.3 is 0 Å². The average Bonchev–Trinajstić information content (AvgIpc) is 2.99. The molecule has 1 aromatic carbocycles. The third-order valence-electron chi connectivity index (χ3n) is 5.07.